The summed E-state index contributed by atoms with van der Waals surface area (Å²) >= 11 is 5.81. The van der Waals surface area contributed by atoms with Gasteiger partial charge < -0.3 is 5.32 Å². The Bertz CT molecular complexity index is 347. The largest absolute Gasteiger partial charge is 0.308 e. The molecule has 0 heterocycles. The molecule has 0 aliphatic rings. The molecule has 0 amide bonds. The topological polar surface area (TPSA) is 29.1 Å². The number of carbonyl (C=O) groups excluding carboxylic acids is 1. The lowest BCUT2D eigenvalue weighted by molar-refractivity contribution is 0.0889. The number of hydrogen-bond donors (Lipinski definition) is 1. The van der Waals surface area contributed by atoms with Gasteiger partial charge in [-0.3, -0.25) is 4.79 Å². The van der Waals surface area contributed by atoms with Crippen molar-refractivity contribution in [1.29, 1.82) is 0 Å². The zero-order valence-electron chi connectivity index (χ0n) is 8.60. The predicted molar refractivity (Wildman–Crippen MR) is 58.9 cm³/mol. The lowest BCUT2D eigenvalue weighted by Gasteiger charge is -2.22. The lowest BCUT2D eigenvalue weighted by atomic mass is 9.93. The van der Waals surface area contributed by atoms with E-state index in [4.69, 9.17) is 11.6 Å². The molecule has 1 rings (SSSR count). The first kappa shape index (κ1) is 11.2. The van der Waals surface area contributed by atoms with Crippen LogP contribution in [0, 0.1) is 0 Å². The Kier molecular flexibility index (Phi) is 3.29. The minimum atomic E-state index is -0.551. The quantitative estimate of drug-likeness (QED) is 0.779. The highest BCUT2D eigenvalue weighted by Crippen LogP contribution is 2.16. The van der Waals surface area contributed by atoms with Gasteiger partial charge in [-0.25, -0.2) is 0 Å². The molecule has 3 heteroatoms. The summed E-state index contributed by atoms with van der Waals surface area (Å²) in [6.45, 7) is 3.69. The SMILES string of the molecule is CNC(C)(C)C(=O)c1cccc(Cl)c1. The van der Waals surface area contributed by atoms with Crippen molar-refractivity contribution in [2.45, 2.75) is 19.4 Å². The monoisotopic (exact) mass is 211 g/mol. The van der Waals surface area contributed by atoms with Gasteiger partial charge in [0.25, 0.3) is 0 Å². The molecule has 0 saturated carbocycles. The van der Waals surface area contributed by atoms with Crippen molar-refractivity contribution in [2.75, 3.05) is 7.05 Å². The Morgan fingerprint density at radius 2 is 2.07 bits per heavy atom. The molecule has 0 atom stereocenters. The van der Waals surface area contributed by atoms with Crippen LogP contribution in [-0.4, -0.2) is 18.4 Å². The number of benzene rings is 1. The standard InChI is InChI=1S/C11H14ClNO/c1-11(2,13-3)10(14)8-5-4-6-9(12)7-8/h4-7,13H,1-3H3. The molecule has 0 aromatic heterocycles. The highest BCUT2D eigenvalue weighted by Gasteiger charge is 2.26. The Morgan fingerprint density at radius 1 is 1.43 bits per heavy atom. The van der Waals surface area contributed by atoms with Crippen LogP contribution in [0.15, 0.2) is 24.3 Å². The minimum absolute atomic E-state index is 0.0440. The number of rotatable bonds is 3. The summed E-state index contributed by atoms with van der Waals surface area (Å²) in [6.07, 6.45) is 0. The maximum atomic E-state index is 11.9. The van der Waals surface area contributed by atoms with E-state index in [-0.39, 0.29) is 5.78 Å². The zero-order valence-corrected chi connectivity index (χ0v) is 9.35. The van der Waals surface area contributed by atoms with Crippen LogP contribution in [0.4, 0.5) is 0 Å². The van der Waals surface area contributed by atoms with Crippen LogP contribution >= 0.6 is 11.6 Å². The molecule has 0 fully saturated rings. The number of Topliss-reactive ketones (excluding diaryl/α,β-unsaturated/α-hetero) is 1. The first-order chi connectivity index (χ1) is 6.47. The fourth-order valence-corrected chi connectivity index (χ4v) is 1.29. The third-order valence-corrected chi connectivity index (χ3v) is 2.51. The fraction of sp³-hybridized carbons (Fsp3) is 0.364. The Labute approximate surface area is 89.3 Å². The highest BCUT2D eigenvalue weighted by atomic mass is 35.5. The van der Waals surface area contributed by atoms with Crippen molar-refractivity contribution in [3.8, 4) is 0 Å². The Balaban J connectivity index is 3.01. The van der Waals surface area contributed by atoms with Gasteiger partial charge in [-0.05, 0) is 33.0 Å². The third-order valence-electron chi connectivity index (χ3n) is 2.28. The fourth-order valence-electron chi connectivity index (χ4n) is 1.10. The van der Waals surface area contributed by atoms with Crippen LogP contribution in [0.1, 0.15) is 24.2 Å². The van der Waals surface area contributed by atoms with Crippen LogP contribution in [0.2, 0.25) is 5.02 Å². The van der Waals surface area contributed by atoms with E-state index in [0.29, 0.717) is 10.6 Å². The third kappa shape index (κ3) is 2.34. The maximum absolute atomic E-state index is 11.9. The van der Waals surface area contributed by atoms with E-state index >= 15 is 0 Å². The zero-order chi connectivity index (χ0) is 10.8. The highest BCUT2D eigenvalue weighted by molar-refractivity contribution is 6.31. The summed E-state index contributed by atoms with van der Waals surface area (Å²) in [5.74, 6) is 0.0440. The van der Waals surface area contributed by atoms with Crippen LogP contribution in [-0.2, 0) is 0 Å². The van der Waals surface area contributed by atoms with Gasteiger partial charge in [0.2, 0.25) is 0 Å². The van der Waals surface area contributed by atoms with Crippen molar-refractivity contribution in [2.24, 2.45) is 0 Å². The van der Waals surface area contributed by atoms with Gasteiger partial charge in [-0.2, -0.15) is 0 Å². The van der Waals surface area contributed by atoms with Gasteiger partial charge in [-0.1, -0.05) is 23.7 Å². The Morgan fingerprint density at radius 3 is 2.57 bits per heavy atom. The molecule has 1 N–H and O–H groups in total. The molecule has 0 bridgehead atoms. The molecule has 76 valence electrons. The molecule has 1 aromatic carbocycles. The molecular formula is C11H14ClNO. The summed E-state index contributed by atoms with van der Waals surface area (Å²) in [6, 6.07) is 6.99. The van der Waals surface area contributed by atoms with E-state index in [9.17, 15) is 4.79 Å². The van der Waals surface area contributed by atoms with Gasteiger partial charge in [0.15, 0.2) is 5.78 Å². The second-order valence-electron chi connectivity index (χ2n) is 3.71. The molecule has 0 spiro atoms. The summed E-state index contributed by atoms with van der Waals surface area (Å²) in [7, 11) is 1.77. The molecule has 0 aliphatic carbocycles. The van der Waals surface area contributed by atoms with Gasteiger partial charge in [0.05, 0.1) is 5.54 Å². The van der Waals surface area contributed by atoms with Crippen molar-refractivity contribution in [3.63, 3.8) is 0 Å². The van der Waals surface area contributed by atoms with Crippen molar-refractivity contribution in [3.05, 3.63) is 34.9 Å². The molecule has 0 aliphatic heterocycles. The molecular weight excluding hydrogens is 198 g/mol. The normalized spacial score (nSPS) is 11.4. The molecule has 1 aromatic rings. The van der Waals surface area contributed by atoms with Crippen molar-refractivity contribution in [1.82, 2.24) is 5.32 Å². The smallest absolute Gasteiger partial charge is 0.182 e. The molecule has 0 radical (unpaired) electrons. The number of likely N-dealkylation sites (N-methyl/N-ethyl adjacent to an activating group) is 1. The Hall–Kier alpha value is -0.860. The first-order valence-corrected chi connectivity index (χ1v) is 4.84. The second kappa shape index (κ2) is 4.11. The van der Waals surface area contributed by atoms with E-state index in [1.165, 1.54) is 0 Å². The number of hydrogen-bond acceptors (Lipinski definition) is 2. The average Bonchev–Trinajstić information content (AvgIpc) is 2.16. The van der Waals surface area contributed by atoms with Crippen molar-refractivity contribution < 1.29 is 4.79 Å². The molecule has 2 nitrogen and oxygen atoms in total. The molecule has 14 heavy (non-hydrogen) atoms. The minimum Gasteiger partial charge on any atom is -0.308 e. The van der Waals surface area contributed by atoms with Crippen LogP contribution in [0.3, 0.4) is 0 Å². The maximum Gasteiger partial charge on any atom is 0.182 e. The summed E-state index contributed by atoms with van der Waals surface area (Å²) in [5, 5.41) is 3.55. The van der Waals surface area contributed by atoms with Gasteiger partial charge >= 0.3 is 0 Å². The van der Waals surface area contributed by atoms with Gasteiger partial charge in [0.1, 0.15) is 0 Å². The van der Waals surface area contributed by atoms with E-state index < -0.39 is 5.54 Å². The number of nitrogens with one attached hydrogen (secondary N) is 1. The lowest BCUT2D eigenvalue weighted by Crippen LogP contribution is -2.44. The van der Waals surface area contributed by atoms with E-state index in [1.54, 1.807) is 31.3 Å². The molecule has 0 saturated heterocycles. The van der Waals surface area contributed by atoms with Gasteiger partial charge in [-0.15, -0.1) is 0 Å². The second-order valence-corrected chi connectivity index (χ2v) is 4.15. The van der Waals surface area contributed by atoms with Crippen LogP contribution in [0.25, 0.3) is 0 Å². The van der Waals surface area contributed by atoms with Crippen LogP contribution < -0.4 is 5.32 Å². The predicted octanol–water partition coefficient (Wildman–Crippen LogP) is 2.52. The van der Waals surface area contributed by atoms with E-state index in [2.05, 4.69) is 5.32 Å². The summed E-state index contributed by atoms with van der Waals surface area (Å²) in [4.78, 5) is 11.9. The summed E-state index contributed by atoms with van der Waals surface area (Å²) in [5.41, 5.74) is 0.0851. The van der Waals surface area contributed by atoms with E-state index in [1.807, 2.05) is 13.8 Å². The average molecular weight is 212 g/mol. The molecule has 0 unspecified atom stereocenters. The van der Waals surface area contributed by atoms with Crippen LogP contribution in [0.5, 0.6) is 0 Å². The van der Waals surface area contributed by atoms with E-state index in [0.717, 1.165) is 0 Å². The van der Waals surface area contributed by atoms with Crippen molar-refractivity contribution >= 4 is 17.4 Å². The summed E-state index contributed by atoms with van der Waals surface area (Å²) < 4.78 is 0. The first-order valence-electron chi connectivity index (χ1n) is 4.46. The van der Waals surface area contributed by atoms with Gasteiger partial charge in [0, 0.05) is 10.6 Å². The number of carbonyl (C=O) groups is 1. The number of ketones is 1. The number of halogens is 1.